The van der Waals surface area contributed by atoms with E-state index in [0.29, 0.717) is 5.95 Å². The zero-order valence-electron chi connectivity index (χ0n) is 10.5. The van der Waals surface area contributed by atoms with Crippen LogP contribution < -0.4 is 0 Å². The van der Waals surface area contributed by atoms with E-state index in [1.807, 2.05) is 49.7 Å². The molecule has 0 unspecified atom stereocenters. The van der Waals surface area contributed by atoms with Gasteiger partial charge in [0.15, 0.2) is 0 Å². The summed E-state index contributed by atoms with van der Waals surface area (Å²) in [5, 5.41) is 14.4. The van der Waals surface area contributed by atoms with Gasteiger partial charge in [-0.05, 0) is 26.0 Å². The van der Waals surface area contributed by atoms with Gasteiger partial charge in [0.25, 0.3) is 0 Å². The van der Waals surface area contributed by atoms with Crippen molar-refractivity contribution in [1.82, 2.24) is 19.3 Å². The van der Waals surface area contributed by atoms with Crippen molar-refractivity contribution in [1.29, 1.82) is 0 Å². The first kappa shape index (κ1) is 10.8. The molecule has 0 amide bonds. The van der Waals surface area contributed by atoms with Crippen molar-refractivity contribution in [3.63, 3.8) is 0 Å². The summed E-state index contributed by atoms with van der Waals surface area (Å²) >= 11 is 0. The van der Waals surface area contributed by atoms with Gasteiger partial charge >= 0.3 is 0 Å². The number of rotatable bonds is 1. The van der Waals surface area contributed by atoms with E-state index in [1.165, 1.54) is 4.68 Å². The molecule has 5 nitrogen and oxygen atoms in total. The Bertz CT molecular complexity index is 739. The third-order valence-corrected chi connectivity index (χ3v) is 3.28. The number of fused-ring (bicyclic) bond motifs is 1. The molecule has 2 heterocycles. The maximum absolute atomic E-state index is 10.1. The van der Waals surface area contributed by atoms with E-state index >= 15 is 0 Å². The van der Waals surface area contributed by atoms with Crippen molar-refractivity contribution < 1.29 is 5.11 Å². The first-order valence-corrected chi connectivity index (χ1v) is 5.76. The molecule has 1 N–H and O–H groups in total. The number of imidazole rings is 1. The molecule has 3 aromatic rings. The maximum Gasteiger partial charge on any atom is 0.234 e. The molecule has 2 aromatic heterocycles. The molecule has 0 spiro atoms. The van der Waals surface area contributed by atoms with Crippen LogP contribution in [0.4, 0.5) is 0 Å². The number of para-hydroxylation sites is 2. The Morgan fingerprint density at radius 2 is 1.89 bits per heavy atom. The Balaban J connectivity index is 2.31. The molecule has 0 aliphatic heterocycles. The van der Waals surface area contributed by atoms with Crippen molar-refractivity contribution in [2.75, 3.05) is 0 Å². The smallest absolute Gasteiger partial charge is 0.234 e. The summed E-state index contributed by atoms with van der Waals surface area (Å²) in [5.41, 5.74) is 3.49. The lowest BCUT2D eigenvalue weighted by molar-refractivity contribution is 0.425. The van der Waals surface area contributed by atoms with Crippen LogP contribution in [0.1, 0.15) is 11.3 Å². The summed E-state index contributed by atoms with van der Waals surface area (Å²) in [6.07, 6.45) is 0. The molecule has 0 fully saturated rings. The molecule has 3 rings (SSSR count). The van der Waals surface area contributed by atoms with Gasteiger partial charge in [-0.1, -0.05) is 12.1 Å². The molecule has 92 valence electrons. The molecule has 0 bridgehead atoms. The third kappa shape index (κ3) is 1.33. The first-order valence-electron chi connectivity index (χ1n) is 5.76. The number of hydrogen-bond acceptors (Lipinski definition) is 3. The summed E-state index contributed by atoms with van der Waals surface area (Å²) in [5.74, 6) is 0.760. The van der Waals surface area contributed by atoms with Gasteiger partial charge in [0.1, 0.15) is 0 Å². The van der Waals surface area contributed by atoms with Crippen LogP contribution in [0.2, 0.25) is 0 Å². The monoisotopic (exact) mass is 242 g/mol. The molecule has 18 heavy (non-hydrogen) atoms. The number of nitrogens with zero attached hydrogens (tertiary/aromatic N) is 4. The lowest BCUT2D eigenvalue weighted by Gasteiger charge is -2.02. The fraction of sp³-hybridized carbons (Fsp3) is 0.231. The summed E-state index contributed by atoms with van der Waals surface area (Å²) in [6, 6.07) is 7.84. The van der Waals surface area contributed by atoms with Crippen LogP contribution in [0, 0.1) is 13.8 Å². The van der Waals surface area contributed by atoms with E-state index in [1.54, 1.807) is 0 Å². The zero-order valence-corrected chi connectivity index (χ0v) is 10.5. The van der Waals surface area contributed by atoms with Crippen molar-refractivity contribution in [2.45, 2.75) is 13.8 Å². The topological polar surface area (TPSA) is 55.9 Å². The largest absolute Gasteiger partial charge is 0.493 e. The molecule has 0 aliphatic carbocycles. The van der Waals surface area contributed by atoms with E-state index in [4.69, 9.17) is 0 Å². The number of aromatic nitrogens is 4. The summed E-state index contributed by atoms with van der Waals surface area (Å²) in [4.78, 5) is 4.50. The molecule has 0 saturated carbocycles. The van der Waals surface area contributed by atoms with E-state index in [2.05, 4.69) is 10.1 Å². The summed E-state index contributed by atoms with van der Waals surface area (Å²) < 4.78 is 3.39. The van der Waals surface area contributed by atoms with E-state index in [0.717, 1.165) is 22.3 Å². The Hall–Kier alpha value is -2.30. The SMILES string of the molecule is Cc1nn(-c2nc3ccccc3n2C)c(O)c1C. The number of aryl methyl sites for hydroxylation is 2. The average molecular weight is 242 g/mol. The molecule has 0 aliphatic rings. The van der Waals surface area contributed by atoms with Crippen LogP contribution >= 0.6 is 0 Å². The van der Waals surface area contributed by atoms with E-state index < -0.39 is 0 Å². The minimum atomic E-state index is 0.144. The van der Waals surface area contributed by atoms with Crippen LogP contribution in [0.25, 0.3) is 17.0 Å². The molecular formula is C13H14N4O. The first-order chi connectivity index (χ1) is 8.59. The van der Waals surface area contributed by atoms with Crippen molar-refractivity contribution in [3.8, 4) is 11.8 Å². The molecule has 0 radical (unpaired) electrons. The Labute approximate surface area is 104 Å². The Morgan fingerprint density at radius 1 is 1.17 bits per heavy atom. The van der Waals surface area contributed by atoms with Crippen LogP contribution in [0.5, 0.6) is 5.88 Å². The highest BCUT2D eigenvalue weighted by molar-refractivity contribution is 5.77. The van der Waals surface area contributed by atoms with Crippen LogP contribution in [0.3, 0.4) is 0 Å². The highest BCUT2D eigenvalue weighted by Gasteiger charge is 2.16. The lowest BCUT2D eigenvalue weighted by atomic mass is 10.3. The molecule has 0 saturated heterocycles. The molecule has 5 heteroatoms. The minimum Gasteiger partial charge on any atom is -0.493 e. The maximum atomic E-state index is 10.1. The van der Waals surface area contributed by atoms with Gasteiger partial charge in [-0.3, -0.25) is 0 Å². The lowest BCUT2D eigenvalue weighted by Crippen LogP contribution is -2.04. The van der Waals surface area contributed by atoms with Crippen molar-refractivity contribution in [2.24, 2.45) is 7.05 Å². The molecule has 0 atom stereocenters. The van der Waals surface area contributed by atoms with Crippen LogP contribution in [-0.2, 0) is 7.05 Å². The third-order valence-electron chi connectivity index (χ3n) is 3.28. The van der Waals surface area contributed by atoms with Gasteiger partial charge in [0.05, 0.1) is 16.7 Å². The number of aromatic hydroxyl groups is 1. The average Bonchev–Trinajstić information content (AvgIpc) is 2.83. The molecule has 1 aromatic carbocycles. The summed E-state index contributed by atoms with van der Waals surface area (Å²) in [7, 11) is 1.91. The van der Waals surface area contributed by atoms with Crippen LogP contribution in [0.15, 0.2) is 24.3 Å². The summed E-state index contributed by atoms with van der Waals surface area (Å²) in [6.45, 7) is 3.71. The van der Waals surface area contributed by atoms with Gasteiger partial charge in [0.2, 0.25) is 11.8 Å². The second-order valence-corrected chi connectivity index (χ2v) is 4.41. The van der Waals surface area contributed by atoms with Gasteiger partial charge in [-0.15, -0.1) is 0 Å². The fourth-order valence-electron chi connectivity index (χ4n) is 2.05. The second-order valence-electron chi connectivity index (χ2n) is 4.41. The molecular weight excluding hydrogens is 228 g/mol. The Kier molecular flexibility index (Phi) is 2.16. The predicted molar refractivity (Wildman–Crippen MR) is 69.0 cm³/mol. The zero-order chi connectivity index (χ0) is 12.9. The Morgan fingerprint density at radius 3 is 2.50 bits per heavy atom. The normalized spacial score (nSPS) is 11.3. The van der Waals surface area contributed by atoms with Crippen LogP contribution in [-0.4, -0.2) is 24.4 Å². The number of benzene rings is 1. The predicted octanol–water partition coefficient (Wildman–Crippen LogP) is 2.08. The van der Waals surface area contributed by atoms with Gasteiger partial charge < -0.3 is 9.67 Å². The van der Waals surface area contributed by atoms with Gasteiger partial charge in [-0.25, -0.2) is 4.98 Å². The highest BCUT2D eigenvalue weighted by atomic mass is 16.3. The van der Waals surface area contributed by atoms with Crippen molar-refractivity contribution in [3.05, 3.63) is 35.5 Å². The minimum absolute atomic E-state index is 0.144. The van der Waals surface area contributed by atoms with Crippen molar-refractivity contribution >= 4 is 11.0 Å². The quantitative estimate of drug-likeness (QED) is 0.710. The fourth-order valence-corrected chi connectivity index (χ4v) is 2.05. The number of hydrogen-bond donors (Lipinski definition) is 1. The van der Waals surface area contributed by atoms with Gasteiger partial charge in [0, 0.05) is 12.6 Å². The standard InChI is InChI=1S/C13H14N4O/c1-8-9(2)15-17(12(8)18)13-14-10-6-4-5-7-11(10)16(13)3/h4-7,18H,1-3H3. The van der Waals surface area contributed by atoms with Gasteiger partial charge in [-0.2, -0.15) is 9.78 Å². The van der Waals surface area contributed by atoms with E-state index in [-0.39, 0.29) is 5.88 Å². The van der Waals surface area contributed by atoms with E-state index in [9.17, 15) is 5.11 Å². The second kappa shape index (κ2) is 3.60. The highest BCUT2D eigenvalue weighted by Crippen LogP contribution is 2.24.